The summed E-state index contributed by atoms with van der Waals surface area (Å²) in [7, 11) is -3.29. The van der Waals surface area contributed by atoms with E-state index in [1.165, 1.54) is 10.6 Å². The Bertz CT molecular complexity index is 847. The van der Waals surface area contributed by atoms with E-state index in [-0.39, 0.29) is 18.4 Å². The number of carbonyl (C=O) groups is 2. The fourth-order valence-electron chi connectivity index (χ4n) is 3.54. The summed E-state index contributed by atoms with van der Waals surface area (Å²) in [6, 6.07) is 5.71. The molecule has 8 nitrogen and oxygen atoms in total. The minimum Gasteiger partial charge on any atom is -0.492 e. The molecule has 0 aromatic heterocycles. The van der Waals surface area contributed by atoms with Gasteiger partial charge in [-0.05, 0) is 18.1 Å². The van der Waals surface area contributed by atoms with Gasteiger partial charge in [0.1, 0.15) is 12.4 Å². The molecule has 2 aliphatic rings. The van der Waals surface area contributed by atoms with E-state index >= 15 is 0 Å². The van der Waals surface area contributed by atoms with E-state index in [0.29, 0.717) is 57.9 Å². The highest BCUT2D eigenvalue weighted by atomic mass is 32.2. The Kier molecular flexibility index (Phi) is 6.24. The highest BCUT2D eigenvalue weighted by Gasteiger charge is 2.24. The first kappa shape index (κ1) is 20.6. The standard InChI is InChI=1S/C19H27N3O5S/c1-15(23)20-7-9-21(10-8-20)19(24)6-4-16-3-5-18-17(13-16)14-22(11-12-27-18)28(2,25)26/h3,5,13H,4,6-12,14H2,1-2H3. The average Bonchev–Trinajstić information content (AvgIpc) is 2.88. The van der Waals surface area contributed by atoms with Crippen LogP contribution >= 0.6 is 0 Å². The molecule has 0 radical (unpaired) electrons. The zero-order valence-electron chi connectivity index (χ0n) is 16.4. The lowest BCUT2D eigenvalue weighted by Crippen LogP contribution is -2.50. The molecule has 1 aromatic carbocycles. The van der Waals surface area contributed by atoms with Crippen LogP contribution in [-0.4, -0.2) is 79.9 Å². The summed E-state index contributed by atoms with van der Waals surface area (Å²) in [5, 5.41) is 0. The zero-order valence-corrected chi connectivity index (χ0v) is 17.2. The summed E-state index contributed by atoms with van der Waals surface area (Å²) in [6.07, 6.45) is 2.17. The number of hydrogen-bond acceptors (Lipinski definition) is 5. The molecule has 0 N–H and O–H groups in total. The third kappa shape index (κ3) is 5.02. The number of carbonyl (C=O) groups excluding carboxylic acids is 2. The Balaban J connectivity index is 1.59. The molecule has 154 valence electrons. The van der Waals surface area contributed by atoms with Crippen LogP contribution in [0.4, 0.5) is 0 Å². The van der Waals surface area contributed by atoms with E-state index in [0.717, 1.165) is 11.1 Å². The molecule has 1 aromatic rings. The fraction of sp³-hybridized carbons (Fsp3) is 0.579. The van der Waals surface area contributed by atoms with Crippen LogP contribution in [-0.2, 0) is 32.6 Å². The maximum absolute atomic E-state index is 12.5. The molecule has 0 unspecified atom stereocenters. The second-order valence-corrected chi connectivity index (χ2v) is 9.26. The van der Waals surface area contributed by atoms with E-state index in [9.17, 15) is 18.0 Å². The van der Waals surface area contributed by atoms with Crippen molar-refractivity contribution in [1.82, 2.24) is 14.1 Å². The number of sulfonamides is 1. The zero-order chi connectivity index (χ0) is 20.3. The second-order valence-electron chi connectivity index (χ2n) is 7.27. The third-order valence-corrected chi connectivity index (χ3v) is 6.49. The molecule has 2 heterocycles. The summed E-state index contributed by atoms with van der Waals surface area (Å²) in [5.74, 6) is 0.816. The summed E-state index contributed by atoms with van der Waals surface area (Å²) in [5.41, 5.74) is 1.80. The number of rotatable bonds is 4. The smallest absolute Gasteiger partial charge is 0.223 e. The first-order valence-electron chi connectivity index (χ1n) is 9.47. The number of ether oxygens (including phenoxy) is 1. The van der Waals surface area contributed by atoms with Crippen molar-refractivity contribution in [2.24, 2.45) is 0 Å². The number of aryl methyl sites for hydroxylation is 1. The number of amides is 2. The molecule has 0 atom stereocenters. The second kappa shape index (κ2) is 8.48. The predicted octanol–water partition coefficient (Wildman–Crippen LogP) is 0.464. The van der Waals surface area contributed by atoms with E-state index in [1.807, 2.05) is 18.2 Å². The molecule has 2 aliphatic heterocycles. The highest BCUT2D eigenvalue weighted by Crippen LogP contribution is 2.26. The Hall–Kier alpha value is -2.13. The number of fused-ring (bicyclic) bond motifs is 1. The van der Waals surface area contributed by atoms with Crippen molar-refractivity contribution in [3.05, 3.63) is 29.3 Å². The Morgan fingerprint density at radius 3 is 2.39 bits per heavy atom. The molecule has 0 aliphatic carbocycles. The topological polar surface area (TPSA) is 87.2 Å². The van der Waals surface area contributed by atoms with Gasteiger partial charge in [0.15, 0.2) is 0 Å². The average molecular weight is 410 g/mol. The molecule has 3 rings (SSSR count). The molecule has 1 saturated heterocycles. The number of benzene rings is 1. The Labute approximate surface area is 166 Å². The van der Waals surface area contributed by atoms with Gasteiger partial charge in [0.05, 0.1) is 6.26 Å². The lowest BCUT2D eigenvalue weighted by molar-refractivity contribution is -0.138. The van der Waals surface area contributed by atoms with Crippen LogP contribution in [0.5, 0.6) is 5.75 Å². The van der Waals surface area contributed by atoms with Crippen LogP contribution in [0.25, 0.3) is 0 Å². The van der Waals surface area contributed by atoms with Gasteiger partial charge in [0, 0.05) is 58.2 Å². The van der Waals surface area contributed by atoms with Gasteiger partial charge >= 0.3 is 0 Å². The van der Waals surface area contributed by atoms with Gasteiger partial charge in [0.25, 0.3) is 0 Å². The van der Waals surface area contributed by atoms with E-state index < -0.39 is 10.0 Å². The van der Waals surface area contributed by atoms with Crippen molar-refractivity contribution in [3.63, 3.8) is 0 Å². The largest absolute Gasteiger partial charge is 0.492 e. The molecule has 28 heavy (non-hydrogen) atoms. The summed E-state index contributed by atoms with van der Waals surface area (Å²) < 4.78 is 30.8. The van der Waals surface area contributed by atoms with Crippen molar-refractivity contribution in [3.8, 4) is 5.75 Å². The van der Waals surface area contributed by atoms with Gasteiger partial charge in [-0.2, -0.15) is 4.31 Å². The molecule has 0 spiro atoms. The molecule has 9 heteroatoms. The third-order valence-electron chi connectivity index (χ3n) is 5.24. The van der Waals surface area contributed by atoms with Crippen LogP contribution in [0.1, 0.15) is 24.5 Å². The van der Waals surface area contributed by atoms with E-state index in [4.69, 9.17) is 4.74 Å². The molecule has 2 amide bonds. The number of hydrogen-bond donors (Lipinski definition) is 0. The fourth-order valence-corrected chi connectivity index (χ4v) is 4.32. The Morgan fingerprint density at radius 1 is 1.07 bits per heavy atom. The summed E-state index contributed by atoms with van der Waals surface area (Å²) >= 11 is 0. The van der Waals surface area contributed by atoms with Crippen LogP contribution in [0.2, 0.25) is 0 Å². The normalized spacial score (nSPS) is 18.2. The quantitative estimate of drug-likeness (QED) is 0.721. The Morgan fingerprint density at radius 2 is 1.75 bits per heavy atom. The first-order chi connectivity index (χ1) is 13.2. The van der Waals surface area contributed by atoms with Crippen molar-refractivity contribution in [2.75, 3.05) is 45.6 Å². The van der Waals surface area contributed by atoms with E-state index in [2.05, 4.69) is 0 Å². The molecular weight excluding hydrogens is 382 g/mol. The maximum atomic E-state index is 12.5. The maximum Gasteiger partial charge on any atom is 0.223 e. The van der Waals surface area contributed by atoms with Crippen LogP contribution < -0.4 is 4.74 Å². The monoisotopic (exact) mass is 409 g/mol. The summed E-state index contributed by atoms with van der Waals surface area (Å²) in [4.78, 5) is 27.4. The van der Waals surface area contributed by atoms with Gasteiger partial charge in [-0.15, -0.1) is 0 Å². The number of nitrogens with zero attached hydrogens (tertiary/aromatic N) is 3. The van der Waals surface area contributed by atoms with Gasteiger partial charge in [-0.1, -0.05) is 12.1 Å². The minimum absolute atomic E-state index is 0.0439. The van der Waals surface area contributed by atoms with Gasteiger partial charge in [-0.3, -0.25) is 9.59 Å². The van der Waals surface area contributed by atoms with Gasteiger partial charge in [-0.25, -0.2) is 8.42 Å². The SMILES string of the molecule is CC(=O)N1CCN(C(=O)CCc2ccc3c(c2)CN(S(C)(=O)=O)CCO3)CC1. The van der Waals surface area contributed by atoms with Crippen molar-refractivity contribution < 1.29 is 22.7 Å². The lowest BCUT2D eigenvalue weighted by Gasteiger charge is -2.34. The number of piperazine rings is 1. The summed E-state index contributed by atoms with van der Waals surface area (Å²) in [6.45, 7) is 4.78. The van der Waals surface area contributed by atoms with E-state index in [1.54, 1.807) is 16.7 Å². The van der Waals surface area contributed by atoms with Gasteiger partial charge < -0.3 is 14.5 Å². The van der Waals surface area contributed by atoms with Crippen molar-refractivity contribution >= 4 is 21.8 Å². The first-order valence-corrected chi connectivity index (χ1v) is 11.3. The molecule has 0 saturated carbocycles. The van der Waals surface area contributed by atoms with Crippen LogP contribution in [0.15, 0.2) is 18.2 Å². The van der Waals surface area contributed by atoms with Gasteiger partial charge in [0.2, 0.25) is 21.8 Å². The molecule has 0 bridgehead atoms. The molecule has 1 fully saturated rings. The predicted molar refractivity (Wildman–Crippen MR) is 104 cm³/mol. The highest BCUT2D eigenvalue weighted by molar-refractivity contribution is 7.88. The van der Waals surface area contributed by atoms with Crippen LogP contribution in [0.3, 0.4) is 0 Å². The van der Waals surface area contributed by atoms with Crippen molar-refractivity contribution in [2.45, 2.75) is 26.3 Å². The lowest BCUT2D eigenvalue weighted by atomic mass is 10.0. The van der Waals surface area contributed by atoms with Crippen molar-refractivity contribution in [1.29, 1.82) is 0 Å². The van der Waals surface area contributed by atoms with Crippen LogP contribution in [0, 0.1) is 0 Å². The minimum atomic E-state index is -3.29. The molecular formula is C19H27N3O5S.